The van der Waals surface area contributed by atoms with Gasteiger partial charge in [0.15, 0.2) is 5.78 Å². The van der Waals surface area contributed by atoms with E-state index in [9.17, 15) is 14.4 Å². The Labute approximate surface area is 176 Å². The summed E-state index contributed by atoms with van der Waals surface area (Å²) in [5, 5.41) is 0.944. The molecule has 0 bridgehead atoms. The summed E-state index contributed by atoms with van der Waals surface area (Å²) >= 11 is 1.21. The minimum Gasteiger partial charge on any atom is -0.464 e. The highest BCUT2D eigenvalue weighted by atomic mass is 32.1. The topological polar surface area (TPSA) is 92.6 Å². The molecule has 3 aromatic rings. The molecule has 8 heteroatoms. The lowest BCUT2D eigenvalue weighted by molar-refractivity contribution is -0.115. The molecule has 1 saturated heterocycles. The number of fused-ring (bicyclic) bond motifs is 1. The monoisotopic (exact) mass is 426 g/mol. The zero-order valence-electron chi connectivity index (χ0n) is 17.1. The number of rotatable bonds is 1. The van der Waals surface area contributed by atoms with Crippen LogP contribution in [-0.4, -0.2) is 39.9 Å². The molecular formula is C22H22N2O5S. The van der Waals surface area contributed by atoms with E-state index in [1.807, 2.05) is 24.3 Å². The number of amides is 1. The Morgan fingerprint density at radius 1 is 1.30 bits per heavy atom. The van der Waals surface area contributed by atoms with E-state index in [2.05, 4.69) is 4.98 Å². The third-order valence-corrected chi connectivity index (χ3v) is 5.89. The second kappa shape index (κ2) is 7.28. The van der Waals surface area contributed by atoms with Gasteiger partial charge in [0.2, 0.25) is 0 Å². The van der Waals surface area contributed by atoms with Gasteiger partial charge in [0.05, 0.1) is 29.0 Å². The molecule has 30 heavy (non-hydrogen) atoms. The summed E-state index contributed by atoms with van der Waals surface area (Å²) in [5.74, 6) is -0.190. The van der Waals surface area contributed by atoms with Crippen molar-refractivity contribution >= 4 is 45.8 Å². The molecule has 1 aliphatic rings. The molecule has 1 amide bonds. The van der Waals surface area contributed by atoms with E-state index in [0.29, 0.717) is 14.8 Å². The van der Waals surface area contributed by atoms with Crippen LogP contribution in [0.3, 0.4) is 0 Å². The van der Waals surface area contributed by atoms with Crippen LogP contribution in [0.15, 0.2) is 39.7 Å². The summed E-state index contributed by atoms with van der Waals surface area (Å²) in [6.07, 6.45) is 2.84. The van der Waals surface area contributed by atoms with E-state index in [1.54, 1.807) is 40.0 Å². The number of carbonyl (C=O) groups is 2. The number of aromatic nitrogens is 1. The first kappa shape index (κ1) is 20.2. The van der Waals surface area contributed by atoms with Crippen molar-refractivity contribution in [2.75, 3.05) is 6.54 Å². The smallest absolute Gasteiger partial charge is 0.411 e. The van der Waals surface area contributed by atoms with E-state index in [-0.39, 0.29) is 17.9 Å². The fraction of sp³-hybridized carbons (Fsp3) is 0.318. The SMILES string of the molecule is CC1C(=O)/C(=c2/[nH]c(=O)/c(=C/c3ccc4occc4c3)s2)CN1C(=O)OC(C)(C)C. The molecule has 2 aromatic heterocycles. The van der Waals surface area contributed by atoms with E-state index in [4.69, 9.17) is 9.15 Å². The number of carbonyl (C=O) groups excluding carboxylic acids is 2. The minimum atomic E-state index is -0.655. The highest BCUT2D eigenvalue weighted by Gasteiger charge is 2.39. The summed E-state index contributed by atoms with van der Waals surface area (Å²) in [5.41, 5.74) is 1.12. The molecule has 7 nitrogen and oxygen atoms in total. The molecule has 1 N–H and O–H groups in total. The van der Waals surface area contributed by atoms with Crippen LogP contribution >= 0.6 is 11.3 Å². The third kappa shape index (κ3) is 3.82. The molecule has 1 aliphatic heterocycles. The van der Waals surface area contributed by atoms with E-state index in [0.717, 1.165) is 16.5 Å². The quantitative estimate of drug-likeness (QED) is 0.645. The van der Waals surface area contributed by atoms with Gasteiger partial charge in [0.1, 0.15) is 15.8 Å². The fourth-order valence-corrected chi connectivity index (χ4v) is 4.30. The highest BCUT2D eigenvalue weighted by Crippen LogP contribution is 2.22. The summed E-state index contributed by atoms with van der Waals surface area (Å²) in [6, 6.07) is 6.86. The number of likely N-dealkylation sites (tertiary alicyclic amines) is 1. The fourth-order valence-electron chi connectivity index (χ4n) is 3.31. The summed E-state index contributed by atoms with van der Waals surface area (Å²) < 4.78 is 11.7. The number of furan rings is 1. The van der Waals surface area contributed by atoms with E-state index < -0.39 is 17.7 Å². The van der Waals surface area contributed by atoms with Crippen molar-refractivity contribution in [3.05, 3.63) is 55.6 Å². The van der Waals surface area contributed by atoms with Gasteiger partial charge in [0.25, 0.3) is 5.56 Å². The minimum absolute atomic E-state index is 0.103. The number of aromatic amines is 1. The lowest BCUT2D eigenvalue weighted by Gasteiger charge is -2.25. The van der Waals surface area contributed by atoms with Gasteiger partial charge in [-0.15, -0.1) is 11.3 Å². The average Bonchev–Trinajstić information content (AvgIpc) is 3.33. The van der Waals surface area contributed by atoms with Crippen molar-refractivity contribution in [1.82, 2.24) is 9.88 Å². The van der Waals surface area contributed by atoms with Gasteiger partial charge in [-0.1, -0.05) is 6.07 Å². The number of ether oxygens (including phenoxy) is 1. The van der Waals surface area contributed by atoms with Crippen LogP contribution in [0.25, 0.3) is 22.6 Å². The van der Waals surface area contributed by atoms with Crippen molar-refractivity contribution in [3.8, 4) is 0 Å². The molecule has 0 spiro atoms. The molecule has 1 unspecified atom stereocenters. The molecule has 3 heterocycles. The number of nitrogens with zero attached hydrogens (tertiary/aromatic N) is 1. The lowest BCUT2D eigenvalue weighted by Crippen LogP contribution is -2.40. The normalized spacial score (nSPS) is 19.7. The number of benzene rings is 1. The number of ketones is 1. The second-order valence-corrected chi connectivity index (χ2v) is 9.29. The van der Waals surface area contributed by atoms with Crippen molar-refractivity contribution in [1.29, 1.82) is 0 Å². The Morgan fingerprint density at radius 3 is 2.80 bits per heavy atom. The molecular weight excluding hydrogens is 404 g/mol. The van der Waals surface area contributed by atoms with Gasteiger partial charge in [-0.3, -0.25) is 14.5 Å². The molecule has 4 rings (SSSR count). The van der Waals surface area contributed by atoms with E-state index in [1.165, 1.54) is 16.2 Å². The van der Waals surface area contributed by atoms with Crippen LogP contribution < -0.4 is 14.8 Å². The molecule has 156 valence electrons. The lowest BCUT2D eigenvalue weighted by atomic mass is 10.1. The third-order valence-electron chi connectivity index (χ3n) is 4.81. The number of hydrogen-bond acceptors (Lipinski definition) is 6. The first-order chi connectivity index (χ1) is 14.1. The van der Waals surface area contributed by atoms with Gasteiger partial charge in [-0.25, -0.2) is 4.79 Å². The summed E-state index contributed by atoms with van der Waals surface area (Å²) in [4.78, 5) is 41.8. The van der Waals surface area contributed by atoms with Crippen molar-refractivity contribution < 1.29 is 18.7 Å². The number of nitrogens with one attached hydrogen (secondary N) is 1. The molecule has 1 atom stereocenters. The van der Waals surface area contributed by atoms with E-state index >= 15 is 0 Å². The number of H-pyrrole nitrogens is 1. The Balaban J connectivity index is 1.71. The van der Waals surface area contributed by atoms with Gasteiger partial charge >= 0.3 is 6.09 Å². The molecule has 0 saturated carbocycles. The standard InChI is InChI=1S/C22H22N2O5S/c1-12-18(25)15(11-24(12)21(27)29-22(2,3)4)20-23-19(26)17(30-20)10-13-5-6-16-14(9-13)7-8-28-16/h5-10,12H,11H2,1-4H3,(H,23,26)/b17-10-,20-15-. The predicted molar refractivity (Wildman–Crippen MR) is 115 cm³/mol. The van der Waals surface area contributed by atoms with Crippen molar-refractivity contribution in [2.24, 2.45) is 0 Å². The largest absolute Gasteiger partial charge is 0.464 e. The second-order valence-electron chi connectivity index (χ2n) is 8.24. The Kier molecular flexibility index (Phi) is 4.89. The van der Waals surface area contributed by atoms with Gasteiger partial charge in [-0.2, -0.15) is 0 Å². The highest BCUT2D eigenvalue weighted by molar-refractivity contribution is 7.07. The van der Waals surface area contributed by atoms with Crippen LogP contribution in [0.1, 0.15) is 33.3 Å². The van der Waals surface area contributed by atoms with Gasteiger partial charge in [-0.05, 0) is 57.5 Å². The maximum Gasteiger partial charge on any atom is 0.411 e. The van der Waals surface area contributed by atoms with Crippen LogP contribution in [-0.2, 0) is 9.53 Å². The van der Waals surface area contributed by atoms with Crippen LogP contribution in [0, 0.1) is 0 Å². The molecule has 0 radical (unpaired) electrons. The summed E-state index contributed by atoms with van der Waals surface area (Å²) in [7, 11) is 0. The molecule has 1 fully saturated rings. The van der Waals surface area contributed by atoms with Crippen molar-refractivity contribution in [3.63, 3.8) is 0 Å². The first-order valence-electron chi connectivity index (χ1n) is 9.57. The van der Waals surface area contributed by atoms with Gasteiger partial charge in [0, 0.05) is 5.39 Å². The number of thiazole rings is 1. The van der Waals surface area contributed by atoms with Crippen LogP contribution in [0.4, 0.5) is 4.79 Å². The van der Waals surface area contributed by atoms with Crippen LogP contribution in [0.2, 0.25) is 0 Å². The maximum absolute atomic E-state index is 12.8. The average molecular weight is 426 g/mol. The summed E-state index contributed by atoms with van der Waals surface area (Å²) in [6.45, 7) is 7.09. The Bertz CT molecular complexity index is 1320. The van der Waals surface area contributed by atoms with Crippen LogP contribution in [0.5, 0.6) is 0 Å². The molecule has 0 aliphatic carbocycles. The zero-order valence-corrected chi connectivity index (χ0v) is 18.0. The van der Waals surface area contributed by atoms with Crippen molar-refractivity contribution in [2.45, 2.75) is 39.3 Å². The zero-order chi connectivity index (χ0) is 21.6. The van der Waals surface area contributed by atoms with Gasteiger partial charge < -0.3 is 14.1 Å². The predicted octanol–water partition coefficient (Wildman–Crippen LogP) is 2.37. The first-order valence-corrected chi connectivity index (χ1v) is 10.4. The molecule has 1 aromatic carbocycles. The maximum atomic E-state index is 12.8. The Morgan fingerprint density at radius 2 is 2.07 bits per heavy atom. The number of Topliss-reactive ketones (excluding diaryl/α,β-unsaturated/α-hetero) is 1. The Hall–Kier alpha value is -3.13. The number of hydrogen-bond donors (Lipinski definition) is 1.